The summed E-state index contributed by atoms with van der Waals surface area (Å²) >= 11 is 4.90. The van der Waals surface area contributed by atoms with Crippen LogP contribution in [0.4, 0.5) is 9.52 Å². The van der Waals surface area contributed by atoms with E-state index in [4.69, 9.17) is 5.73 Å². The summed E-state index contributed by atoms with van der Waals surface area (Å²) < 4.78 is 14.1. The first-order valence-electron chi connectivity index (χ1n) is 5.28. The van der Waals surface area contributed by atoms with Crippen LogP contribution in [-0.4, -0.2) is 4.98 Å². The van der Waals surface area contributed by atoms with Crippen LogP contribution in [0.3, 0.4) is 0 Å². The van der Waals surface area contributed by atoms with Gasteiger partial charge in [-0.15, -0.1) is 11.3 Å². The van der Waals surface area contributed by atoms with Crippen LogP contribution in [0.15, 0.2) is 22.7 Å². The molecule has 1 heterocycles. The van der Waals surface area contributed by atoms with Crippen LogP contribution in [0.5, 0.6) is 0 Å². The van der Waals surface area contributed by atoms with Crippen molar-refractivity contribution in [1.82, 2.24) is 4.98 Å². The van der Waals surface area contributed by atoms with Gasteiger partial charge in [-0.05, 0) is 30.2 Å². The van der Waals surface area contributed by atoms with Gasteiger partial charge in [-0.25, -0.2) is 9.37 Å². The summed E-state index contributed by atoms with van der Waals surface area (Å²) in [5, 5.41) is 0.573. The number of hydrogen-bond acceptors (Lipinski definition) is 3. The lowest BCUT2D eigenvalue weighted by molar-refractivity contribution is 0.625. The molecule has 0 atom stereocenters. The van der Waals surface area contributed by atoms with E-state index in [1.807, 2.05) is 6.92 Å². The molecule has 90 valence electrons. The summed E-state index contributed by atoms with van der Waals surface area (Å²) in [4.78, 5) is 5.37. The van der Waals surface area contributed by atoms with Crippen LogP contribution < -0.4 is 5.73 Å². The molecule has 0 aliphatic rings. The van der Waals surface area contributed by atoms with Crippen molar-refractivity contribution in [1.29, 1.82) is 0 Å². The predicted molar refractivity (Wildman–Crippen MR) is 72.8 cm³/mol. The van der Waals surface area contributed by atoms with Gasteiger partial charge in [-0.2, -0.15) is 0 Å². The predicted octanol–water partition coefficient (Wildman–Crippen LogP) is 3.78. The van der Waals surface area contributed by atoms with Gasteiger partial charge in [0.15, 0.2) is 5.13 Å². The van der Waals surface area contributed by atoms with Gasteiger partial charge in [0, 0.05) is 15.8 Å². The minimum Gasteiger partial charge on any atom is -0.375 e. The fourth-order valence-corrected chi connectivity index (χ4v) is 3.00. The van der Waals surface area contributed by atoms with Crippen molar-refractivity contribution in [3.05, 3.63) is 44.6 Å². The van der Waals surface area contributed by atoms with E-state index in [1.54, 1.807) is 12.1 Å². The first-order chi connectivity index (χ1) is 8.10. The molecule has 0 saturated heterocycles. The summed E-state index contributed by atoms with van der Waals surface area (Å²) in [5.74, 6) is -0.223. The van der Waals surface area contributed by atoms with Gasteiger partial charge >= 0.3 is 0 Å². The average Bonchev–Trinajstić information content (AvgIpc) is 2.64. The Balaban J connectivity index is 2.33. The molecule has 5 heteroatoms. The third-order valence-electron chi connectivity index (χ3n) is 2.49. The monoisotopic (exact) mass is 314 g/mol. The molecule has 2 aromatic rings. The Bertz CT molecular complexity index is 539. The molecule has 0 saturated carbocycles. The Labute approximate surface area is 112 Å². The topological polar surface area (TPSA) is 38.9 Å². The highest BCUT2D eigenvalue weighted by molar-refractivity contribution is 9.10. The number of thiazole rings is 1. The second kappa shape index (κ2) is 5.14. The zero-order valence-electron chi connectivity index (χ0n) is 9.34. The molecule has 2 rings (SSSR count). The van der Waals surface area contributed by atoms with Gasteiger partial charge in [-0.1, -0.05) is 22.9 Å². The Hall–Kier alpha value is -0.940. The zero-order valence-corrected chi connectivity index (χ0v) is 11.7. The fourth-order valence-electron chi connectivity index (χ4n) is 1.67. The number of anilines is 1. The number of benzene rings is 1. The maximum Gasteiger partial charge on any atom is 0.180 e. The maximum atomic E-state index is 13.2. The van der Waals surface area contributed by atoms with Crippen molar-refractivity contribution in [2.24, 2.45) is 0 Å². The molecule has 0 radical (unpaired) electrons. The molecule has 2 N–H and O–H groups in total. The lowest BCUT2D eigenvalue weighted by Gasteiger charge is -2.04. The fraction of sp³-hybridized carbons (Fsp3) is 0.250. The first kappa shape index (κ1) is 12.5. The molecule has 0 amide bonds. The normalized spacial score (nSPS) is 10.8. The molecule has 0 fully saturated rings. The number of nitrogen functional groups attached to an aromatic ring is 1. The second-order valence-corrected chi connectivity index (χ2v) is 5.66. The first-order valence-corrected chi connectivity index (χ1v) is 6.89. The third-order valence-corrected chi connectivity index (χ3v) is 4.19. The van der Waals surface area contributed by atoms with E-state index in [-0.39, 0.29) is 5.82 Å². The minimum absolute atomic E-state index is 0.223. The van der Waals surface area contributed by atoms with Crippen molar-refractivity contribution >= 4 is 32.4 Å². The smallest absolute Gasteiger partial charge is 0.180 e. The molecular weight excluding hydrogens is 303 g/mol. The molecule has 1 aromatic heterocycles. The number of halogens is 2. The van der Waals surface area contributed by atoms with Gasteiger partial charge < -0.3 is 5.73 Å². The Morgan fingerprint density at radius 2 is 2.24 bits per heavy atom. The van der Waals surface area contributed by atoms with Crippen LogP contribution in [-0.2, 0) is 12.8 Å². The highest BCUT2D eigenvalue weighted by Crippen LogP contribution is 2.27. The molecular formula is C12H12BrFN2S. The zero-order chi connectivity index (χ0) is 12.4. The van der Waals surface area contributed by atoms with Crippen LogP contribution in [0.1, 0.15) is 23.1 Å². The Morgan fingerprint density at radius 3 is 2.94 bits per heavy atom. The molecule has 0 spiro atoms. The number of rotatable bonds is 3. The number of aryl methyl sites for hydroxylation is 1. The lowest BCUT2D eigenvalue weighted by atomic mass is 10.1. The number of aromatic nitrogens is 1. The Morgan fingerprint density at radius 1 is 1.47 bits per heavy atom. The van der Waals surface area contributed by atoms with E-state index in [9.17, 15) is 4.39 Å². The van der Waals surface area contributed by atoms with Crippen molar-refractivity contribution in [2.75, 3.05) is 5.73 Å². The summed E-state index contributed by atoms with van der Waals surface area (Å²) in [5.41, 5.74) is 7.62. The summed E-state index contributed by atoms with van der Waals surface area (Å²) in [6.07, 6.45) is 1.51. The van der Waals surface area contributed by atoms with Crippen molar-refractivity contribution in [2.45, 2.75) is 19.8 Å². The van der Waals surface area contributed by atoms with Gasteiger partial charge in [0.25, 0.3) is 0 Å². The molecule has 0 bridgehead atoms. The van der Waals surface area contributed by atoms with Crippen molar-refractivity contribution < 1.29 is 4.39 Å². The molecule has 0 aliphatic heterocycles. The molecule has 0 aliphatic carbocycles. The second-order valence-electron chi connectivity index (χ2n) is 3.69. The molecule has 0 unspecified atom stereocenters. The number of nitrogens with zero attached hydrogens (tertiary/aromatic N) is 1. The van der Waals surface area contributed by atoms with E-state index in [2.05, 4.69) is 20.9 Å². The largest absolute Gasteiger partial charge is 0.375 e. The standard InChI is InChI=1S/C12H12BrFN2S/c1-2-10-11(17-12(15)16-10)6-7-5-8(14)3-4-9(7)13/h3-5H,2,6H2,1H3,(H2,15,16). The van der Waals surface area contributed by atoms with Gasteiger partial charge in [-0.3, -0.25) is 0 Å². The Kier molecular flexibility index (Phi) is 3.79. The SMILES string of the molecule is CCc1nc(N)sc1Cc1cc(F)ccc1Br. The quantitative estimate of drug-likeness (QED) is 0.936. The van der Waals surface area contributed by atoms with E-state index in [1.165, 1.54) is 17.4 Å². The summed E-state index contributed by atoms with van der Waals surface area (Å²) in [6, 6.07) is 4.70. The molecule has 1 aromatic carbocycles. The number of nitrogens with two attached hydrogens (primary N) is 1. The van der Waals surface area contributed by atoms with E-state index in [0.29, 0.717) is 11.6 Å². The van der Waals surface area contributed by atoms with E-state index >= 15 is 0 Å². The van der Waals surface area contributed by atoms with Gasteiger partial charge in [0.2, 0.25) is 0 Å². The van der Waals surface area contributed by atoms with Crippen LogP contribution >= 0.6 is 27.3 Å². The van der Waals surface area contributed by atoms with Crippen LogP contribution in [0, 0.1) is 5.82 Å². The van der Waals surface area contributed by atoms with Crippen molar-refractivity contribution in [3.8, 4) is 0 Å². The lowest BCUT2D eigenvalue weighted by Crippen LogP contribution is -1.93. The van der Waals surface area contributed by atoms with E-state index in [0.717, 1.165) is 27.0 Å². The summed E-state index contributed by atoms with van der Waals surface area (Å²) in [7, 11) is 0. The summed E-state index contributed by atoms with van der Waals surface area (Å²) in [6.45, 7) is 2.04. The van der Waals surface area contributed by atoms with Crippen molar-refractivity contribution in [3.63, 3.8) is 0 Å². The maximum absolute atomic E-state index is 13.2. The van der Waals surface area contributed by atoms with E-state index < -0.39 is 0 Å². The van der Waals surface area contributed by atoms with Gasteiger partial charge in [0.1, 0.15) is 5.82 Å². The third kappa shape index (κ3) is 2.84. The average molecular weight is 315 g/mol. The highest BCUT2D eigenvalue weighted by Gasteiger charge is 2.11. The molecule has 2 nitrogen and oxygen atoms in total. The molecule has 17 heavy (non-hydrogen) atoms. The number of hydrogen-bond donors (Lipinski definition) is 1. The van der Waals surface area contributed by atoms with Gasteiger partial charge in [0.05, 0.1) is 5.69 Å². The van der Waals surface area contributed by atoms with Crippen LogP contribution in [0.25, 0.3) is 0 Å². The minimum atomic E-state index is -0.223. The highest BCUT2D eigenvalue weighted by atomic mass is 79.9. The van der Waals surface area contributed by atoms with Crippen LogP contribution in [0.2, 0.25) is 0 Å².